The van der Waals surface area contributed by atoms with E-state index in [1.807, 2.05) is 36.4 Å². The second-order valence-electron chi connectivity index (χ2n) is 6.91. The van der Waals surface area contributed by atoms with E-state index >= 15 is 0 Å². The van der Waals surface area contributed by atoms with Crippen molar-refractivity contribution in [3.8, 4) is 16.9 Å². The van der Waals surface area contributed by atoms with Crippen molar-refractivity contribution in [1.82, 2.24) is 0 Å². The highest BCUT2D eigenvalue weighted by Crippen LogP contribution is 2.24. The number of hydrogen-bond acceptors (Lipinski definition) is 3. The van der Waals surface area contributed by atoms with Crippen molar-refractivity contribution in [2.24, 2.45) is 0 Å². The first kappa shape index (κ1) is 21.8. The summed E-state index contributed by atoms with van der Waals surface area (Å²) in [6.45, 7) is 4.74. The minimum absolute atomic E-state index is 0.225. The van der Waals surface area contributed by atoms with Gasteiger partial charge in [-0.1, -0.05) is 64.5 Å². The van der Waals surface area contributed by atoms with Gasteiger partial charge >= 0.3 is 5.97 Å². The molecule has 3 aromatic rings. The van der Waals surface area contributed by atoms with Gasteiger partial charge in [0, 0.05) is 4.47 Å². The minimum atomic E-state index is -0.225. The first-order valence-corrected chi connectivity index (χ1v) is 10.7. The van der Waals surface area contributed by atoms with Crippen LogP contribution < -0.4 is 4.74 Å². The largest absolute Gasteiger partial charge is 0.490 e. The molecule has 3 rings (SSSR count). The van der Waals surface area contributed by atoms with Crippen LogP contribution in [0.2, 0.25) is 0 Å². The lowest BCUT2D eigenvalue weighted by atomic mass is 10.0. The average Bonchev–Trinajstić information content (AvgIpc) is 2.75. The SMILES string of the molecule is CCOC(=O)Cc1cccc(OC/C=C(/C)c2ccc(-c3ccc(Br)cc3)cc2)c1. The van der Waals surface area contributed by atoms with Gasteiger partial charge in [0.1, 0.15) is 12.4 Å². The van der Waals surface area contributed by atoms with Crippen LogP contribution in [-0.4, -0.2) is 19.2 Å². The topological polar surface area (TPSA) is 35.5 Å². The number of halogens is 1. The van der Waals surface area contributed by atoms with Gasteiger partial charge < -0.3 is 9.47 Å². The van der Waals surface area contributed by atoms with Crippen molar-refractivity contribution in [2.75, 3.05) is 13.2 Å². The average molecular weight is 465 g/mol. The number of hydrogen-bond donors (Lipinski definition) is 0. The monoisotopic (exact) mass is 464 g/mol. The molecular weight excluding hydrogens is 440 g/mol. The van der Waals surface area contributed by atoms with Crippen LogP contribution in [0, 0.1) is 0 Å². The van der Waals surface area contributed by atoms with E-state index in [4.69, 9.17) is 9.47 Å². The molecule has 0 radical (unpaired) electrons. The van der Waals surface area contributed by atoms with Gasteiger partial charge in [0.25, 0.3) is 0 Å². The molecule has 3 aromatic carbocycles. The van der Waals surface area contributed by atoms with Crippen LogP contribution in [-0.2, 0) is 16.0 Å². The summed E-state index contributed by atoms with van der Waals surface area (Å²) in [5, 5.41) is 0. The van der Waals surface area contributed by atoms with E-state index in [1.54, 1.807) is 6.92 Å². The van der Waals surface area contributed by atoms with E-state index in [9.17, 15) is 4.79 Å². The fourth-order valence-electron chi connectivity index (χ4n) is 3.07. The maximum atomic E-state index is 11.6. The van der Waals surface area contributed by atoms with Gasteiger partial charge in [-0.2, -0.15) is 0 Å². The Balaban J connectivity index is 1.59. The van der Waals surface area contributed by atoms with Crippen molar-refractivity contribution in [1.29, 1.82) is 0 Å². The Morgan fingerprint density at radius 1 is 0.967 bits per heavy atom. The Labute approximate surface area is 186 Å². The molecule has 30 heavy (non-hydrogen) atoms. The fraction of sp³-hybridized carbons (Fsp3) is 0.192. The first-order chi connectivity index (χ1) is 14.5. The molecule has 154 valence electrons. The van der Waals surface area contributed by atoms with Crippen LogP contribution >= 0.6 is 15.9 Å². The summed E-state index contributed by atoms with van der Waals surface area (Å²) < 4.78 is 11.9. The minimum Gasteiger partial charge on any atom is -0.490 e. The Bertz CT molecular complexity index is 1010. The molecule has 0 N–H and O–H groups in total. The van der Waals surface area contributed by atoms with Crippen LogP contribution in [0.4, 0.5) is 0 Å². The highest BCUT2D eigenvalue weighted by molar-refractivity contribution is 9.10. The molecule has 0 unspecified atom stereocenters. The summed E-state index contributed by atoms with van der Waals surface area (Å²) in [6.07, 6.45) is 2.32. The normalized spacial score (nSPS) is 11.2. The third-order valence-electron chi connectivity index (χ3n) is 4.71. The number of ether oxygens (including phenoxy) is 2. The molecule has 4 heteroatoms. The molecule has 0 aliphatic heterocycles. The van der Waals surface area contributed by atoms with Crippen molar-refractivity contribution in [3.63, 3.8) is 0 Å². The third kappa shape index (κ3) is 6.33. The van der Waals surface area contributed by atoms with Gasteiger partial charge in [-0.05, 0) is 72.0 Å². The summed E-state index contributed by atoms with van der Waals surface area (Å²) in [5.41, 5.74) is 5.58. The lowest BCUT2D eigenvalue weighted by molar-refractivity contribution is -0.142. The number of carbonyl (C=O) groups is 1. The van der Waals surface area contributed by atoms with Crippen LogP contribution in [0.15, 0.2) is 83.3 Å². The fourth-order valence-corrected chi connectivity index (χ4v) is 3.34. The first-order valence-electron chi connectivity index (χ1n) is 9.95. The highest BCUT2D eigenvalue weighted by Gasteiger charge is 2.05. The van der Waals surface area contributed by atoms with Crippen molar-refractivity contribution < 1.29 is 14.3 Å². The standard InChI is InChI=1S/C26H25BrO3/c1-3-29-26(28)18-20-5-4-6-25(17-20)30-16-15-19(2)21-7-9-22(10-8-21)23-11-13-24(27)14-12-23/h4-15,17H,3,16,18H2,1-2H3/b19-15-. The number of esters is 1. The maximum Gasteiger partial charge on any atom is 0.310 e. The van der Waals surface area contributed by atoms with Crippen LogP contribution in [0.3, 0.4) is 0 Å². The molecule has 0 bridgehead atoms. The van der Waals surface area contributed by atoms with E-state index in [0.29, 0.717) is 13.2 Å². The second kappa shape index (κ2) is 10.8. The molecule has 3 nitrogen and oxygen atoms in total. The van der Waals surface area contributed by atoms with Gasteiger partial charge in [0.05, 0.1) is 13.0 Å². The predicted octanol–water partition coefficient (Wildman–Crippen LogP) is 6.70. The molecule has 0 amide bonds. The van der Waals surface area contributed by atoms with E-state index in [2.05, 4.69) is 65.3 Å². The summed E-state index contributed by atoms with van der Waals surface area (Å²) in [7, 11) is 0. The molecule has 0 aliphatic carbocycles. The number of carbonyl (C=O) groups excluding carboxylic acids is 1. The molecule has 0 spiro atoms. The number of allylic oxidation sites excluding steroid dienone is 1. The second-order valence-corrected chi connectivity index (χ2v) is 7.83. The quantitative estimate of drug-likeness (QED) is 0.347. The molecular formula is C26H25BrO3. The van der Waals surface area contributed by atoms with Gasteiger partial charge in [-0.15, -0.1) is 0 Å². The smallest absolute Gasteiger partial charge is 0.310 e. The van der Waals surface area contributed by atoms with Gasteiger partial charge in [0.15, 0.2) is 0 Å². The van der Waals surface area contributed by atoms with Gasteiger partial charge in [-0.25, -0.2) is 0 Å². The van der Waals surface area contributed by atoms with Crippen molar-refractivity contribution >= 4 is 27.5 Å². The Morgan fingerprint density at radius 3 is 2.30 bits per heavy atom. The van der Waals surface area contributed by atoms with E-state index in [-0.39, 0.29) is 12.4 Å². The zero-order chi connectivity index (χ0) is 21.3. The Kier molecular flexibility index (Phi) is 7.86. The Morgan fingerprint density at radius 2 is 1.63 bits per heavy atom. The number of rotatable bonds is 8. The predicted molar refractivity (Wildman–Crippen MR) is 126 cm³/mol. The zero-order valence-corrected chi connectivity index (χ0v) is 18.8. The number of benzene rings is 3. The molecule has 0 fully saturated rings. The van der Waals surface area contributed by atoms with Crippen LogP contribution in [0.1, 0.15) is 25.0 Å². The van der Waals surface area contributed by atoms with E-state index < -0.39 is 0 Å². The lowest BCUT2D eigenvalue weighted by Gasteiger charge is -2.08. The third-order valence-corrected chi connectivity index (χ3v) is 5.24. The summed E-state index contributed by atoms with van der Waals surface area (Å²) >= 11 is 3.47. The summed E-state index contributed by atoms with van der Waals surface area (Å²) in [4.78, 5) is 11.6. The zero-order valence-electron chi connectivity index (χ0n) is 17.2. The summed E-state index contributed by atoms with van der Waals surface area (Å²) in [5.74, 6) is 0.517. The molecule has 0 atom stereocenters. The van der Waals surface area contributed by atoms with Crippen molar-refractivity contribution in [2.45, 2.75) is 20.3 Å². The molecule has 0 aromatic heterocycles. The lowest BCUT2D eigenvalue weighted by Crippen LogP contribution is -2.07. The maximum absolute atomic E-state index is 11.6. The molecule has 0 aliphatic rings. The van der Waals surface area contributed by atoms with E-state index in [1.165, 1.54) is 11.1 Å². The highest BCUT2D eigenvalue weighted by atomic mass is 79.9. The Hall–Kier alpha value is -2.85. The molecule has 0 saturated carbocycles. The van der Waals surface area contributed by atoms with Gasteiger partial charge in [0.2, 0.25) is 0 Å². The van der Waals surface area contributed by atoms with Crippen LogP contribution in [0.5, 0.6) is 5.75 Å². The van der Waals surface area contributed by atoms with Crippen LogP contribution in [0.25, 0.3) is 16.7 Å². The molecule has 0 saturated heterocycles. The summed E-state index contributed by atoms with van der Waals surface area (Å²) in [6, 6.07) is 24.4. The van der Waals surface area contributed by atoms with Crippen molar-refractivity contribution in [3.05, 3.63) is 94.5 Å². The molecule has 0 heterocycles. The van der Waals surface area contributed by atoms with Gasteiger partial charge in [-0.3, -0.25) is 4.79 Å². The van der Waals surface area contributed by atoms with E-state index in [0.717, 1.165) is 26.9 Å².